The number of hydrogen-bond donors (Lipinski definition) is 2. The van der Waals surface area contributed by atoms with E-state index >= 15 is 0 Å². The molecular formula is C8H7FN2. The first kappa shape index (κ1) is 6.22. The van der Waals surface area contributed by atoms with Gasteiger partial charge in [-0.05, 0) is 18.2 Å². The van der Waals surface area contributed by atoms with Gasteiger partial charge in [-0.1, -0.05) is 0 Å². The van der Waals surface area contributed by atoms with E-state index < -0.39 is 0 Å². The van der Waals surface area contributed by atoms with E-state index in [2.05, 4.69) is 10.6 Å². The monoisotopic (exact) mass is 150 g/mol. The Morgan fingerprint density at radius 2 is 1.73 bits per heavy atom. The predicted molar refractivity (Wildman–Crippen MR) is 42.8 cm³/mol. The third-order valence-corrected chi connectivity index (χ3v) is 1.54. The van der Waals surface area contributed by atoms with E-state index in [9.17, 15) is 4.39 Å². The first-order valence-electron chi connectivity index (χ1n) is 3.34. The lowest BCUT2D eigenvalue weighted by Crippen LogP contribution is -2.02. The molecule has 2 nitrogen and oxygen atoms in total. The topological polar surface area (TPSA) is 24.1 Å². The van der Waals surface area contributed by atoms with E-state index in [1.165, 1.54) is 12.1 Å². The molecule has 0 radical (unpaired) electrons. The van der Waals surface area contributed by atoms with Crippen LogP contribution in [0.15, 0.2) is 30.6 Å². The molecule has 0 unspecified atom stereocenters. The molecule has 0 aliphatic carbocycles. The van der Waals surface area contributed by atoms with Gasteiger partial charge < -0.3 is 10.6 Å². The molecule has 1 aliphatic heterocycles. The van der Waals surface area contributed by atoms with Crippen LogP contribution in [0.3, 0.4) is 0 Å². The SMILES string of the molecule is Fc1ccc2c(c1)NC=CN2. The van der Waals surface area contributed by atoms with Gasteiger partial charge in [0.2, 0.25) is 0 Å². The highest BCUT2D eigenvalue weighted by molar-refractivity contribution is 5.72. The summed E-state index contributed by atoms with van der Waals surface area (Å²) in [4.78, 5) is 0. The van der Waals surface area contributed by atoms with Crippen molar-refractivity contribution in [2.75, 3.05) is 10.6 Å². The lowest BCUT2D eigenvalue weighted by molar-refractivity contribution is 0.628. The number of halogens is 1. The van der Waals surface area contributed by atoms with Crippen LogP contribution in [0.2, 0.25) is 0 Å². The van der Waals surface area contributed by atoms with Gasteiger partial charge in [0.1, 0.15) is 5.82 Å². The van der Waals surface area contributed by atoms with Crippen LogP contribution < -0.4 is 10.6 Å². The summed E-state index contributed by atoms with van der Waals surface area (Å²) < 4.78 is 12.6. The van der Waals surface area contributed by atoms with Gasteiger partial charge in [-0.3, -0.25) is 0 Å². The van der Waals surface area contributed by atoms with Crippen LogP contribution in [0.4, 0.5) is 15.8 Å². The zero-order chi connectivity index (χ0) is 7.68. The summed E-state index contributed by atoms with van der Waals surface area (Å²) >= 11 is 0. The third kappa shape index (κ3) is 1.05. The van der Waals surface area contributed by atoms with E-state index in [1.54, 1.807) is 18.5 Å². The summed E-state index contributed by atoms with van der Waals surface area (Å²) in [6.45, 7) is 0. The van der Waals surface area contributed by atoms with Crippen molar-refractivity contribution in [2.45, 2.75) is 0 Å². The summed E-state index contributed by atoms with van der Waals surface area (Å²) in [5.41, 5.74) is 1.67. The molecule has 0 saturated carbocycles. The second-order valence-electron chi connectivity index (χ2n) is 2.31. The lowest BCUT2D eigenvalue weighted by atomic mass is 10.2. The summed E-state index contributed by atoms with van der Waals surface area (Å²) in [7, 11) is 0. The number of rotatable bonds is 0. The van der Waals surface area contributed by atoms with Gasteiger partial charge in [-0.25, -0.2) is 4.39 Å². The van der Waals surface area contributed by atoms with Gasteiger partial charge in [0, 0.05) is 12.4 Å². The van der Waals surface area contributed by atoms with E-state index in [-0.39, 0.29) is 5.82 Å². The Kier molecular flexibility index (Phi) is 1.28. The van der Waals surface area contributed by atoms with E-state index in [4.69, 9.17) is 0 Å². The molecule has 56 valence electrons. The second kappa shape index (κ2) is 2.27. The molecule has 0 bridgehead atoms. The fourth-order valence-corrected chi connectivity index (χ4v) is 1.02. The average molecular weight is 150 g/mol. The van der Waals surface area contributed by atoms with Crippen molar-refractivity contribution >= 4 is 11.4 Å². The van der Waals surface area contributed by atoms with Crippen LogP contribution in [0.1, 0.15) is 0 Å². The first-order chi connectivity index (χ1) is 5.36. The molecular weight excluding hydrogens is 143 g/mol. The zero-order valence-electron chi connectivity index (χ0n) is 5.76. The van der Waals surface area contributed by atoms with Crippen LogP contribution in [0.5, 0.6) is 0 Å². The summed E-state index contributed by atoms with van der Waals surface area (Å²) in [5, 5.41) is 5.90. The van der Waals surface area contributed by atoms with Gasteiger partial charge in [0.05, 0.1) is 11.4 Å². The molecule has 2 rings (SSSR count). The molecule has 0 atom stereocenters. The quantitative estimate of drug-likeness (QED) is 0.592. The highest BCUT2D eigenvalue weighted by atomic mass is 19.1. The van der Waals surface area contributed by atoms with E-state index in [0.29, 0.717) is 0 Å². The van der Waals surface area contributed by atoms with Crippen molar-refractivity contribution in [2.24, 2.45) is 0 Å². The molecule has 2 N–H and O–H groups in total. The van der Waals surface area contributed by atoms with Crippen molar-refractivity contribution in [3.63, 3.8) is 0 Å². The fourth-order valence-electron chi connectivity index (χ4n) is 1.02. The number of nitrogens with one attached hydrogen (secondary N) is 2. The van der Waals surface area contributed by atoms with Gasteiger partial charge in [-0.15, -0.1) is 0 Å². The van der Waals surface area contributed by atoms with Gasteiger partial charge in [0.25, 0.3) is 0 Å². The molecule has 0 spiro atoms. The lowest BCUT2D eigenvalue weighted by Gasteiger charge is -2.13. The number of benzene rings is 1. The van der Waals surface area contributed by atoms with Crippen molar-refractivity contribution < 1.29 is 4.39 Å². The number of anilines is 2. The Labute approximate surface area is 63.7 Å². The Morgan fingerprint density at radius 3 is 2.55 bits per heavy atom. The maximum atomic E-state index is 12.6. The largest absolute Gasteiger partial charge is 0.359 e. The standard InChI is InChI=1S/C8H7FN2/c9-6-1-2-7-8(5-6)11-4-3-10-7/h1-5,10-11H. The number of hydrogen-bond acceptors (Lipinski definition) is 2. The molecule has 1 heterocycles. The minimum Gasteiger partial charge on any atom is -0.359 e. The molecule has 0 fully saturated rings. The molecule has 1 aliphatic rings. The predicted octanol–water partition coefficient (Wildman–Crippen LogP) is 2.13. The van der Waals surface area contributed by atoms with Crippen LogP contribution in [-0.2, 0) is 0 Å². The van der Waals surface area contributed by atoms with Crippen molar-refractivity contribution in [1.82, 2.24) is 0 Å². The van der Waals surface area contributed by atoms with Crippen molar-refractivity contribution in [3.8, 4) is 0 Å². The molecule has 0 amide bonds. The van der Waals surface area contributed by atoms with Crippen molar-refractivity contribution in [3.05, 3.63) is 36.4 Å². The minimum absolute atomic E-state index is 0.228. The molecule has 0 saturated heterocycles. The van der Waals surface area contributed by atoms with E-state index in [0.717, 1.165) is 11.4 Å². The van der Waals surface area contributed by atoms with Gasteiger partial charge in [0.15, 0.2) is 0 Å². The average Bonchev–Trinajstić information content (AvgIpc) is 2.04. The zero-order valence-corrected chi connectivity index (χ0v) is 5.76. The van der Waals surface area contributed by atoms with Gasteiger partial charge >= 0.3 is 0 Å². The highest BCUT2D eigenvalue weighted by Crippen LogP contribution is 2.24. The van der Waals surface area contributed by atoms with Crippen LogP contribution >= 0.6 is 0 Å². The second-order valence-corrected chi connectivity index (χ2v) is 2.31. The smallest absolute Gasteiger partial charge is 0.125 e. The van der Waals surface area contributed by atoms with Crippen LogP contribution in [0.25, 0.3) is 0 Å². The normalized spacial score (nSPS) is 13.2. The Hall–Kier alpha value is -1.51. The van der Waals surface area contributed by atoms with Crippen LogP contribution in [0, 0.1) is 5.82 Å². The van der Waals surface area contributed by atoms with Crippen LogP contribution in [-0.4, -0.2) is 0 Å². The van der Waals surface area contributed by atoms with Gasteiger partial charge in [-0.2, -0.15) is 0 Å². The molecule has 1 aromatic rings. The van der Waals surface area contributed by atoms with Crippen molar-refractivity contribution in [1.29, 1.82) is 0 Å². The molecule has 3 heteroatoms. The third-order valence-electron chi connectivity index (χ3n) is 1.54. The maximum Gasteiger partial charge on any atom is 0.125 e. The Balaban J connectivity index is 2.48. The molecule has 1 aromatic carbocycles. The summed E-state index contributed by atoms with van der Waals surface area (Å²) in [5.74, 6) is -0.228. The molecule has 11 heavy (non-hydrogen) atoms. The Morgan fingerprint density at radius 1 is 1.00 bits per heavy atom. The van der Waals surface area contributed by atoms with E-state index in [1.807, 2.05) is 0 Å². The first-order valence-corrected chi connectivity index (χ1v) is 3.34. The minimum atomic E-state index is -0.228. The fraction of sp³-hybridized carbons (Fsp3) is 0. The maximum absolute atomic E-state index is 12.6. The Bertz CT molecular complexity index is 307. The number of fused-ring (bicyclic) bond motifs is 1. The summed E-state index contributed by atoms with van der Waals surface area (Å²) in [6.07, 6.45) is 3.49. The summed E-state index contributed by atoms with van der Waals surface area (Å²) in [6, 6.07) is 4.57. The molecule has 0 aromatic heterocycles. The highest BCUT2D eigenvalue weighted by Gasteiger charge is 2.03.